The molecule has 184 valence electrons. The maximum atomic E-state index is 13.1. The molecule has 34 heavy (non-hydrogen) atoms. The largest absolute Gasteiger partial charge is 0.585 e. The number of aliphatic hydroxyl groups is 2. The van der Waals surface area contributed by atoms with Gasteiger partial charge in [0.25, 0.3) is 6.33 Å². The number of aliphatic hydroxyl groups excluding tert-OH is 2. The summed E-state index contributed by atoms with van der Waals surface area (Å²) in [5, 5.41) is 20.9. The molecule has 18 heteroatoms. The minimum atomic E-state index is -5.44. The molecule has 4 rings (SSSR count). The molecule has 1 unspecified atom stereocenters. The Hall–Kier alpha value is -3.11. The third-order valence-electron chi connectivity index (χ3n) is 4.87. The fourth-order valence-electron chi connectivity index (χ4n) is 3.20. The molecule has 0 radical (unpaired) electrons. The number of rotatable bonds is 6. The number of alkyl halides is 3. The van der Waals surface area contributed by atoms with E-state index in [1.807, 2.05) is 0 Å². The Labute approximate surface area is 187 Å². The number of nitrogens with zero attached hydrogens (tertiary/aromatic N) is 6. The van der Waals surface area contributed by atoms with Crippen LogP contribution in [-0.2, 0) is 30.2 Å². The highest BCUT2D eigenvalue weighted by Gasteiger charge is 2.51. The van der Waals surface area contributed by atoms with Crippen molar-refractivity contribution >= 4 is 30.7 Å². The third kappa shape index (κ3) is 4.35. The van der Waals surface area contributed by atoms with Crippen LogP contribution in [0.5, 0.6) is 0 Å². The van der Waals surface area contributed by atoms with Crippen molar-refractivity contribution in [1.29, 1.82) is 0 Å². The summed E-state index contributed by atoms with van der Waals surface area (Å²) >= 11 is 0. The van der Waals surface area contributed by atoms with Crippen LogP contribution in [0.3, 0.4) is 0 Å². The zero-order chi connectivity index (χ0) is 24.8. The van der Waals surface area contributed by atoms with Crippen molar-refractivity contribution in [1.82, 2.24) is 23.9 Å². The molecular formula is C16H18F3N7O7P+. The fourth-order valence-corrected chi connectivity index (χ4v) is 4.64. The van der Waals surface area contributed by atoms with E-state index in [1.54, 1.807) is 0 Å². The van der Waals surface area contributed by atoms with Gasteiger partial charge in [-0.3, -0.25) is 9.09 Å². The number of nitrogens with two attached hydrogens (primary N) is 1. The summed E-state index contributed by atoms with van der Waals surface area (Å²) in [5.41, 5.74) is 6.11. The number of aromatic nitrogens is 6. The van der Waals surface area contributed by atoms with E-state index in [9.17, 15) is 32.7 Å². The number of hydrogen-bond donors (Lipinski definition) is 3. The monoisotopic (exact) mass is 508 g/mol. The van der Waals surface area contributed by atoms with Crippen LogP contribution in [0.4, 0.5) is 19.0 Å². The molecule has 0 aromatic carbocycles. The molecule has 0 spiro atoms. The van der Waals surface area contributed by atoms with Crippen molar-refractivity contribution in [3.8, 4) is 0 Å². The summed E-state index contributed by atoms with van der Waals surface area (Å²) < 4.78 is 69.3. The standard InChI is InChI=1S/C16H18F3N7O7P/c1-24-2-3-25(7-24)34(30,33-15(29)16(17,18)19)31-4-8-10(27)11(28)14(32-8)26-6-23-9-12(20)21-5-22-13(9)26/h2-3,5-8,10-11,14,27-28H,4H2,1H3,(H2,20,21,22)/q+1/t8-,10-,11-,14-,34?/m1/s1. The average Bonchev–Trinajstić information content (AvgIpc) is 3.46. The molecule has 0 aliphatic carbocycles. The van der Waals surface area contributed by atoms with Crippen LogP contribution in [0.1, 0.15) is 6.23 Å². The summed E-state index contributed by atoms with van der Waals surface area (Å²) in [5.74, 6) is -2.68. The lowest BCUT2D eigenvalue weighted by atomic mass is 10.1. The van der Waals surface area contributed by atoms with E-state index in [2.05, 4.69) is 19.5 Å². The van der Waals surface area contributed by atoms with Crippen molar-refractivity contribution in [3.63, 3.8) is 0 Å². The van der Waals surface area contributed by atoms with E-state index >= 15 is 0 Å². The first-order chi connectivity index (χ1) is 15.9. The lowest BCUT2D eigenvalue weighted by Gasteiger charge is -2.18. The van der Waals surface area contributed by atoms with Crippen LogP contribution in [0, 0.1) is 0 Å². The van der Waals surface area contributed by atoms with Crippen molar-refractivity contribution in [3.05, 3.63) is 31.4 Å². The van der Waals surface area contributed by atoms with Gasteiger partial charge in [0.15, 0.2) is 17.7 Å². The number of carbonyl (C=O) groups excluding carboxylic acids is 1. The zero-order valence-electron chi connectivity index (χ0n) is 17.2. The van der Waals surface area contributed by atoms with Crippen molar-refractivity contribution < 1.29 is 51.1 Å². The number of ether oxygens (including phenoxy) is 1. The molecule has 5 atom stereocenters. The Balaban J connectivity index is 1.55. The summed E-state index contributed by atoms with van der Waals surface area (Å²) in [7, 11) is -3.46. The summed E-state index contributed by atoms with van der Waals surface area (Å²) in [6.07, 6.45) is -5.46. The van der Waals surface area contributed by atoms with Crippen LogP contribution in [0.25, 0.3) is 11.2 Å². The van der Waals surface area contributed by atoms with E-state index in [0.29, 0.717) is 4.34 Å². The topological polar surface area (TPSA) is 181 Å². The molecule has 1 aliphatic heterocycles. The van der Waals surface area contributed by atoms with E-state index in [0.717, 1.165) is 18.9 Å². The number of anilines is 1. The number of hydrogen-bond acceptors (Lipinski definition) is 11. The molecule has 3 aromatic rings. The number of halogens is 3. The average molecular weight is 508 g/mol. The first-order valence-corrected chi connectivity index (χ1v) is 10.9. The van der Waals surface area contributed by atoms with Gasteiger partial charge in [-0.15, -0.1) is 4.34 Å². The highest BCUT2D eigenvalue weighted by Crippen LogP contribution is 2.51. The molecular weight excluding hydrogens is 490 g/mol. The minimum absolute atomic E-state index is 0.0592. The van der Waals surface area contributed by atoms with Gasteiger partial charge >= 0.3 is 19.9 Å². The molecule has 4 N–H and O–H groups in total. The lowest BCUT2D eigenvalue weighted by molar-refractivity contribution is -0.670. The third-order valence-corrected chi connectivity index (χ3v) is 6.54. The van der Waals surface area contributed by atoms with Crippen LogP contribution in [0.15, 0.2) is 31.4 Å². The Morgan fingerprint density at radius 3 is 2.71 bits per heavy atom. The van der Waals surface area contributed by atoms with Gasteiger partial charge in [-0.1, -0.05) is 0 Å². The second-order valence-electron chi connectivity index (χ2n) is 7.23. The van der Waals surface area contributed by atoms with E-state index < -0.39 is 51.0 Å². The molecule has 1 aliphatic rings. The number of fused-ring (bicyclic) bond motifs is 1. The van der Waals surface area contributed by atoms with Crippen LogP contribution < -0.4 is 10.3 Å². The summed E-state index contributed by atoms with van der Waals surface area (Å²) in [6, 6.07) is 0. The highest BCUT2D eigenvalue weighted by molar-refractivity contribution is 7.52. The zero-order valence-corrected chi connectivity index (χ0v) is 18.1. The number of nitrogen functional groups attached to an aromatic ring is 1. The summed E-state index contributed by atoms with van der Waals surface area (Å²) in [4.78, 5) is 23.2. The number of carbonyl (C=O) groups is 1. The normalized spacial score (nSPS) is 24.9. The fraction of sp³-hybridized carbons (Fsp3) is 0.438. The molecule has 3 aromatic heterocycles. The van der Waals surface area contributed by atoms with Crippen LogP contribution in [0.2, 0.25) is 0 Å². The van der Waals surface area contributed by atoms with Gasteiger partial charge in [-0.2, -0.15) is 13.2 Å². The molecule has 0 bridgehead atoms. The van der Waals surface area contributed by atoms with Crippen molar-refractivity contribution in [2.75, 3.05) is 12.3 Å². The van der Waals surface area contributed by atoms with Gasteiger partial charge < -0.3 is 25.2 Å². The van der Waals surface area contributed by atoms with Gasteiger partial charge in [0.05, 0.1) is 20.0 Å². The van der Waals surface area contributed by atoms with Crippen LogP contribution >= 0.6 is 7.75 Å². The predicted molar refractivity (Wildman–Crippen MR) is 102 cm³/mol. The predicted octanol–water partition coefficient (Wildman–Crippen LogP) is -0.568. The van der Waals surface area contributed by atoms with Gasteiger partial charge in [-0.05, 0) is 0 Å². The van der Waals surface area contributed by atoms with E-state index in [-0.39, 0.29) is 17.0 Å². The Bertz CT molecular complexity index is 1270. The molecule has 14 nitrogen and oxygen atoms in total. The van der Waals surface area contributed by atoms with Crippen molar-refractivity contribution in [2.24, 2.45) is 7.05 Å². The first-order valence-electron chi connectivity index (χ1n) is 9.45. The molecule has 1 fully saturated rings. The summed E-state index contributed by atoms with van der Waals surface area (Å²) in [6.45, 7) is -0.817. The van der Waals surface area contributed by atoms with Gasteiger partial charge in [-0.25, -0.2) is 28.9 Å². The Morgan fingerprint density at radius 2 is 2.06 bits per heavy atom. The Kier molecular flexibility index (Phi) is 6.07. The van der Waals surface area contributed by atoms with E-state index in [1.165, 1.54) is 28.7 Å². The SMILES string of the molecule is C[n+]1ccn(P(=O)(OC[C@H]2O[C@@H](n3cnc4c(N)ncnc43)[C@H](O)[C@@H]2O)OC(=O)C(F)(F)F)c1. The molecule has 0 amide bonds. The highest BCUT2D eigenvalue weighted by atomic mass is 31.2. The molecule has 4 heterocycles. The second-order valence-corrected chi connectivity index (χ2v) is 9.07. The first kappa shape index (κ1) is 24.0. The molecule has 1 saturated heterocycles. The molecule has 0 saturated carbocycles. The Morgan fingerprint density at radius 1 is 1.32 bits per heavy atom. The maximum Gasteiger partial charge on any atom is 0.585 e. The van der Waals surface area contributed by atoms with Gasteiger partial charge in [0, 0.05) is 0 Å². The lowest BCUT2D eigenvalue weighted by Crippen LogP contribution is -2.34. The minimum Gasteiger partial charge on any atom is -0.387 e. The number of imidazole rings is 2. The quantitative estimate of drug-likeness (QED) is 0.287. The van der Waals surface area contributed by atoms with Gasteiger partial charge in [0.1, 0.15) is 42.5 Å². The maximum absolute atomic E-state index is 13.1. The van der Waals surface area contributed by atoms with E-state index in [4.69, 9.17) is 15.0 Å². The smallest absolute Gasteiger partial charge is 0.387 e. The van der Waals surface area contributed by atoms with Crippen molar-refractivity contribution in [2.45, 2.75) is 30.7 Å². The van der Waals surface area contributed by atoms with Crippen LogP contribution in [-0.4, -0.2) is 71.1 Å². The second kappa shape index (κ2) is 8.59. The van der Waals surface area contributed by atoms with Gasteiger partial charge in [0.2, 0.25) is 0 Å². The number of aryl methyl sites for hydroxylation is 1.